The molecule has 0 atom stereocenters. The van der Waals surface area contributed by atoms with Gasteiger partial charge >= 0.3 is 0 Å². The second-order valence-corrected chi connectivity index (χ2v) is 5.28. The van der Waals surface area contributed by atoms with E-state index in [1.54, 1.807) is 30.7 Å². The Bertz CT molecular complexity index is 559. The third-order valence-electron chi connectivity index (χ3n) is 2.07. The largest absolute Gasteiger partial charge is 0.345 e. The molecule has 5 heteroatoms. The fourth-order valence-corrected chi connectivity index (χ4v) is 1.97. The van der Waals surface area contributed by atoms with Gasteiger partial charge in [-0.15, -0.1) is 0 Å². The van der Waals surface area contributed by atoms with Crippen LogP contribution in [0.3, 0.4) is 0 Å². The first-order valence-electron chi connectivity index (χ1n) is 4.36. The Hall–Kier alpha value is -1.62. The number of benzene rings is 1. The van der Waals surface area contributed by atoms with Gasteiger partial charge in [-0.25, -0.2) is 13.4 Å². The Kier molecular flexibility index (Phi) is 2.32. The number of rotatable bonds is 2. The van der Waals surface area contributed by atoms with Crippen molar-refractivity contribution in [2.75, 3.05) is 6.26 Å². The summed E-state index contributed by atoms with van der Waals surface area (Å²) in [7, 11) is -3.15. The van der Waals surface area contributed by atoms with E-state index in [4.69, 9.17) is 0 Å². The summed E-state index contributed by atoms with van der Waals surface area (Å²) < 4.78 is 22.7. The summed E-state index contributed by atoms with van der Waals surface area (Å²) in [5, 5.41) is 0. The van der Waals surface area contributed by atoms with Crippen molar-refractivity contribution in [3.8, 4) is 11.3 Å². The van der Waals surface area contributed by atoms with E-state index in [2.05, 4.69) is 9.97 Å². The number of nitrogens with one attached hydrogen (secondary N) is 1. The zero-order valence-electron chi connectivity index (χ0n) is 8.14. The van der Waals surface area contributed by atoms with Crippen molar-refractivity contribution in [1.82, 2.24) is 9.97 Å². The van der Waals surface area contributed by atoms with E-state index in [-0.39, 0.29) is 0 Å². The van der Waals surface area contributed by atoms with Gasteiger partial charge in [0.05, 0.1) is 23.1 Å². The minimum Gasteiger partial charge on any atom is -0.345 e. The summed E-state index contributed by atoms with van der Waals surface area (Å²) in [6.45, 7) is 0. The third-order valence-corrected chi connectivity index (χ3v) is 3.18. The van der Waals surface area contributed by atoms with E-state index < -0.39 is 9.84 Å². The molecule has 0 saturated carbocycles. The molecule has 1 N–H and O–H groups in total. The fraction of sp³-hybridized carbons (Fsp3) is 0.100. The first kappa shape index (κ1) is 9.92. The lowest BCUT2D eigenvalue weighted by Crippen LogP contribution is -1.96. The Morgan fingerprint density at radius 1 is 1.33 bits per heavy atom. The average Bonchev–Trinajstić information content (AvgIpc) is 2.69. The minimum atomic E-state index is -3.15. The molecule has 0 fully saturated rings. The van der Waals surface area contributed by atoms with Crippen molar-refractivity contribution < 1.29 is 8.42 Å². The number of imidazole rings is 1. The predicted octanol–water partition coefficient (Wildman–Crippen LogP) is 1.48. The first-order valence-corrected chi connectivity index (χ1v) is 6.25. The van der Waals surface area contributed by atoms with E-state index in [0.717, 1.165) is 11.3 Å². The number of hydrogen-bond donors (Lipinski definition) is 1. The van der Waals surface area contributed by atoms with Gasteiger partial charge in [-0.1, -0.05) is 12.1 Å². The summed E-state index contributed by atoms with van der Waals surface area (Å²) in [6.07, 6.45) is 4.41. The molecule has 1 aromatic carbocycles. The minimum absolute atomic E-state index is 0.314. The zero-order chi connectivity index (χ0) is 10.9. The lowest BCUT2D eigenvalue weighted by atomic mass is 10.2. The molecular weight excluding hydrogens is 212 g/mol. The molecule has 4 nitrogen and oxygen atoms in total. The molecule has 0 radical (unpaired) electrons. The van der Waals surface area contributed by atoms with Gasteiger partial charge in [-0.05, 0) is 12.1 Å². The van der Waals surface area contributed by atoms with Crippen LogP contribution in [0.15, 0.2) is 41.7 Å². The van der Waals surface area contributed by atoms with Crippen LogP contribution in [0.4, 0.5) is 0 Å². The monoisotopic (exact) mass is 222 g/mol. The van der Waals surface area contributed by atoms with Crippen LogP contribution >= 0.6 is 0 Å². The van der Waals surface area contributed by atoms with Gasteiger partial charge in [-0.2, -0.15) is 0 Å². The Balaban J connectivity index is 2.53. The fourth-order valence-electron chi connectivity index (χ4n) is 1.31. The second kappa shape index (κ2) is 3.51. The van der Waals surface area contributed by atoms with Gasteiger partial charge < -0.3 is 4.98 Å². The molecular formula is C10H10N2O2S. The molecule has 0 unspecified atom stereocenters. The molecule has 1 aromatic heterocycles. The van der Waals surface area contributed by atoms with Crippen molar-refractivity contribution in [1.29, 1.82) is 0 Å². The van der Waals surface area contributed by atoms with Crippen LogP contribution in [0.2, 0.25) is 0 Å². The summed E-state index contributed by atoms with van der Waals surface area (Å²) in [4.78, 5) is 7.13. The van der Waals surface area contributed by atoms with Crippen molar-refractivity contribution in [3.63, 3.8) is 0 Å². The zero-order valence-corrected chi connectivity index (χ0v) is 8.95. The highest BCUT2D eigenvalue weighted by molar-refractivity contribution is 7.90. The van der Waals surface area contributed by atoms with E-state index in [1.165, 1.54) is 6.26 Å². The molecule has 0 bridgehead atoms. The quantitative estimate of drug-likeness (QED) is 0.837. The average molecular weight is 222 g/mol. The van der Waals surface area contributed by atoms with Crippen LogP contribution in [0, 0.1) is 0 Å². The van der Waals surface area contributed by atoms with E-state index >= 15 is 0 Å². The maximum atomic E-state index is 11.3. The first-order chi connectivity index (χ1) is 7.07. The molecule has 0 aliphatic carbocycles. The predicted molar refractivity (Wildman–Crippen MR) is 57.1 cm³/mol. The highest BCUT2D eigenvalue weighted by atomic mass is 32.2. The van der Waals surface area contributed by atoms with Crippen molar-refractivity contribution in [3.05, 3.63) is 36.8 Å². The summed E-state index contributed by atoms with van der Waals surface area (Å²) >= 11 is 0. The molecule has 78 valence electrons. The molecule has 2 rings (SSSR count). The van der Waals surface area contributed by atoms with Crippen LogP contribution in [-0.4, -0.2) is 24.6 Å². The SMILES string of the molecule is CS(=O)(=O)c1cccc(-c2cnc[nH]2)c1. The Morgan fingerprint density at radius 3 is 2.73 bits per heavy atom. The normalized spacial score (nSPS) is 11.5. The molecule has 0 aliphatic heterocycles. The lowest BCUT2D eigenvalue weighted by molar-refractivity contribution is 0.602. The van der Waals surface area contributed by atoms with Crippen LogP contribution in [-0.2, 0) is 9.84 Å². The van der Waals surface area contributed by atoms with Crippen LogP contribution < -0.4 is 0 Å². The number of aromatic nitrogens is 2. The molecule has 0 aliphatic rings. The third kappa shape index (κ3) is 2.07. The number of H-pyrrole nitrogens is 1. The van der Waals surface area contributed by atoms with Gasteiger partial charge in [-0.3, -0.25) is 0 Å². The van der Waals surface area contributed by atoms with Crippen molar-refractivity contribution in [2.24, 2.45) is 0 Å². The van der Waals surface area contributed by atoms with Gasteiger partial charge in [0, 0.05) is 11.8 Å². The van der Waals surface area contributed by atoms with Crippen molar-refractivity contribution in [2.45, 2.75) is 4.90 Å². The van der Waals surface area contributed by atoms with Gasteiger partial charge in [0.2, 0.25) is 0 Å². The summed E-state index contributed by atoms with van der Waals surface area (Å²) in [6, 6.07) is 6.76. The highest BCUT2D eigenvalue weighted by Gasteiger charge is 2.08. The number of aromatic amines is 1. The molecule has 0 amide bonds. The smallest absolute Gasteiger partial charge is 0.175 e. The maximum absolute atomic E-state index is 11.3. The number of nitrogens with zero attached hydrogens (tertiary/aromatic N) is 1. The topological polar surface area (TPSA) is 62.8 Å². The van der Waals surface area contributed by atoms with Crippen LogP contribution in [0.25, 0.3) is 11.3 Å². The number of sulfone groups is 1. The van der Waals surface area contributed by atoms with Crippen LogP contribution in [0.5, 0.6) is 0 Å². The second-order valence-electron chi connectivity index (χ2n) is 3.27. The molecule has 2 aromatic rings. The van der Waals surface area contributed by atoms with Gasteiger partial charge in [0.25, 0.3) is 0 Å². The van der Waals surface area contributed by atoms with E-state index in [0.29, 0.717) is 4.90 Å². The lowest BCUT2D eigenvalue weighted by Gasteiger charge is -2.01. The van der Waals surface area contributed by atoms with E-state index in [9.17, 15) is 8.42 Å². The Labute approximate surface area is 87.9 Å². The summed E-state index contributed by atoms with van der Waals surface area (Å²) in [5.41, 5.74) is 1.62. The molecule has 0 spiro atoms. The molecule has 1 heterocycles. The maximum Gasteiger partial charge on any atom is 0.175 e. The Morgan fingerprint density at radius 2 is 2.13 bits per heavy atom. The van der Waals surface area contributed by atoms with Crippen LogP contribution in [0.1, 0.15) is 0 Å². The van der Waals surface area contributed by atoms with Gasteiger partial charge in [0.1, 0.15) is 0 Å². The van der Waals surface area contributed by atoms with E-state index in [1.807, 2.05) is 6.07 Å². The van der Waals surface area contributed by atoms with Gasteiger partial charge in [0.15, 0.2) is 9.84 Å². The molecule has 0 saturated heterocycles. The summed E-state index contributed by atoms with van der Waals surface area (Å²) in [5.74, 6) is 0. The standard InChI is InChI=1S/C10H10N2O2S/c1-15(13,14)9-4-2-3-8(5-9)10-6-11-7-12-10/h2-7H,1H3,(H,11,12). The highest BCUT2D eigenvalue weighted by Crippen LogP contribution is 2.19. The van der Waals surface area contributed by atoms with Crippen molar-refractivity contribution >= 4 is 9.84 Å². The molecule has 15 heavy (non-hydrogen) atoms. The number of hydrogen-bond acceptors (Lipinski definition) is 3.